The Morgan fingerprint density at radius 2 is 2.00 bits per heavy atom. The van der Waals surface area contributed by atoms with E-state index < -0.39 is 35.3 Å². The number of benzene rings is 1. The van der Waals surface area contributed by atoms with Crippen molar-refractivity contribution in [2.75, 3.05) is 12.8 Å². The number of carbonyl (C=O) groups excluding carboxylic acids is 1. The van der Waals surface area contributed by atoms with Gasteiger partial charge in [-0.1, -0.05) is 38.1 Å². The second-order valence-corrected chi connectivity index (χ2v) is 9.47. The molecule has 3 aromatic rings. The van der Waals surface area contributed by atoms with E-state index >= 15 is 0 Å². The van der Waals surface area contributed by atoms with Crippen molar-refractivity contribution in [3.63, 3.8) is 0 Å². The van der Waals surface area contributed by atoms with E-state index in [1.807, 2.05) is 18.2 Å². The molecule has 4 rings (SSSR count). The van der Waals surface area contributed by atoms with Gasteiger partial charge in [0.2, 0.25) is 5.60 Å². The van der Waals surface area contributed by atoms with Crippen molar-refractivity contribution in [1.29, 1.82) is 5.26 Å². The number of aliphatic hydroxyl groups excluding tert-OH is 2. The molecule has 3 heterocycles. The number of aromatic nitrogens is 3. The minimum Gasteiger partial charge on any atom is -0.468 e. The van der Waals surface area contributed by atoms with Gasteiger partial charge in [0.05, 0.1) is 12.8 Å². The molecular weight excluding hydrogens is 450 g/mol. The van der Waals surface area contributed by atoms with Crippen molar-refractivity contribution in [3.05, 3.63) is 59.5 Å². The van der Waals surface area contributed by atoms with Gasteiger partial charge in [0, 0.05) is 0 Å². The maximum Gasteiger partial charge on any atom is 0.318 e. The third-order valence-corrected chi connectivity index (χ3v) is 6.77. The number of nitrogen functional groups attached to an aromatic ring is 1. The Balaban J connectivity index is 1.82. The zero-order valence-electron chi connectivity index (χ0n) is 20.0. The minimum atomic E-state index is -2.04. The molecule has 1 saturated heterocycles. The summed E-state index contributed by atoms with van der Waals surface area (Å²) in [6.45, 7) is 5.80. The minimum absolute atomic E-state index is 0.151. The van der Waals surface area contributed by atoms with E-state index in [4.69, 9.17) is 15.2 Å². The summed E-state index contributed by atoms with van der Waals surface area (Å²) in [5.74, 6) is -0.0515. The molecule has 5 atom stereocenters. The van der Waals surface area contributed by atoms with Crippen molar-refractivity contribution in [1.82, 2.24) is 14.6 Å². The molecule has 1 aliphatic rings. The summed E-state index contributed by atoms with van der Waals surface area (Å²) < 4.78 is 12.6. The van der Waals surface area contributed by atoms with Crippen LogP contribution in [0.4, 0.5) is 5.82 Å². The Morgan fingerprint density at radius 3 is 2.60 bits per heavy atom. The Kier molecular flexibility index (Phi) is 6.27. The van der Waals surface area contributed by atoms with E-state index in [1.165, 1.54) is 24.0 Å². The number of nitrogens with zero attached hydrogens (tertiary/aromatic N) is 4. The van der Waals surface area contributed by atoms with Crippen LogP contribution in [0.5, 0.6) is 0 Å². The highest BCUT2D eigenvalue weighted by Gasteiger charge is 2.64. The predicted molar refractivity (Wildman–Crippen MR) is 126 cm³/mol. The zero-order valence-corrected chi connectivity index (χ0v) is 20.0. The lowest BCUT2D eigenvalue weighted by atomic mass is 9.74. The summed E-state index contributed by atoms with van der Waals surface area (Å²) in [4.78, 5) is 17.1. The molecule has 10 nitrogen and oxygen atoms in total. The first-order valence-corrected chi connectivity index (χ1v) is 11.3. The molecule has 184 valence electrons. The van der Waals surface area contributed by atoms with E-state index in [2.05, 4.69) is 23.9 Å². The summed E-state index contributed by atoms with van der Waals surface area (Å²) in [6, 6.07) is 12.5. The van der Waals surface area contributed by atoms with Gasteiger partial charge >= 0.3 is 5.97 Å². The number of rotatable bonds is 6. The van der Waals surface area contributed by atoms with Gasteiger partial charge in [0.1, 0.15) is 41.6 Å². The molecule has 1 aliphatic heterocycles. The number of ether oxygens (including phenoxy) is 2. The van der Waals surface area contributed by atoms with E-state index in [0.29, 0.717) is 17.0 Å². The van der Waals surface area contributed by atoms with E-state index in [9.17, 15) is 20.3 Å². The van der Waals surface area contributed by atoms with Crippen LogP contribution in [0, 0.1) is 17.2 Å². The number of hydrogen-bond donors (Lipinski definition) is 3. The summed E-state index contributed by atoms with van der Waals surface area (Å²) >= 11 is 0. The van der Waals surface area contributed by atoms with Crippen molar-refractivity contribution in [3.8, 4) is 6.07 Å². The highest BCUT2D eigenvalue weighted by atomic mass is 16.6. The molecule has 35 heavy (non-hydrogen) atoms. The van der Waals surface area contributed by atoms with Gasteiger partial charge in [0.15, 0.2) is 5.82 Å². The van der Waals surface area contributed by atoms with Crippen molar-refractivity contribution >= 4 is 17.3 Å². The van der Waals surface area contributed by atoms with Crippen LogP contribution in [-0.4, -0.2) is 56.2 Å². The van der Waals surface area contributed by atoms with Crippen LogP contribution in [0.15, 0.2) is 42.7 Å². The van der Waals surface area contributed by atoms with Crippen LogP contribution in [0.2, 0.25) is 0 Å². The number of aliphatic hydroxyl groups is 2. The molecule has 0 saturated carbocycles. The molecule has 2 aromatic heterocycles. The van der Waals surface area contributed by atoms with Crippen LogP contribution in [-0.2, 0) is 31.7 Å². The Morgan fingerprint density at radius 1 is 1.31 bits per heavy atom. The summed E-state index contributed by atoms with van der Waals surface area (Å²) in [7, 11) is 1.24. The molecule has 0 radical (unpaired) electrons. The molecule has 10 heteroatoms. The summed E-state index contributed by atoms with van der Waals surface area (Å²) in [5.41, 5.74) is 4.51. The lowest BCUT2D eigenvalue weighted by Gasteiger charge is -2.35. The molecule has 1 aromatic carbocycles. The van der Waals surface area contributed by atoms with Crippen LogP contribution in [0.25, 0.3) is 5.52 Å². The monoisotopic (exact) mass is 479 g/mol. The lowest BCUT2D eigenvalue weighted by Crippen LogP contribution is -2.50. The fourth-order valence-corrected chi connectivity index (χ4v) is 4.87. The van der Waals surface area contributed by atoms with Gasteiger partial charge in [-0.3, -0.25) is 4.79 Å². The largest absolute Gasteiger partial charge is 0.468 e. The SMILES string of the molecule is COC(=O)C(C)(c1ccc(CC(C)C)cc1)[C@H]1O[C@@](C#N)(c2ccc3c(N)ncnn23)[C@H](O)[C@@H]1O. The second kappa shape index (κ2) is 8.92. The van der Waals surface area contributed by atoms with E-state index in [-0.39, 0.29) is 11.5 Å². The van der Waals surface area contributed by atoms with Gasteiger partial charge in [-0.2, -0.15) is 10.4 Å². The maximum absolute atomic E-state index is 13.2. The third-order valence-electron chi connectivity index (χ3n) is 6.77. The number of esters is 1. The number of carbonyl (C=O) groups is 1. The fourth-order valence-electron chi connectivity index (χ4n) is 4.87. The standard InChI is InChI=1S/C25H29N5O5/c1-14(2)11-15-5-7-16(8-6-15)24(3,23(33)34-4)21-19(31)20(32)25(12-26,35-21)18-10-9-17-22(27)28-13-29-30(17)18/h5-10,13-14,19-21,31-32H,11H2,1-4H3,(H2,27,28,29)/t19-,20+,21-,24?,25-/m0/s1. The summed E-state index contributed by atoms with van der Waals surface area (Å²) in [6.07, 6.45) is -2.54. The van der Waals surface area contributed by atoms with Gasteiger partial charge in [-0.25, -0.2) is 9.50 Å². The molecule has 0 bridgehead atoms. The number of nitriles is 1. The number of anilines is 1. The predicted octanol–water partition coefficient (Wildman–Crippen LogP) is 1.48. The Hall–Kier alpha value is -3.52. The second-order valence-electron chi connectivity index (χ2n) is 9.47. The van der Waals surface area contributed by atoms with Crippen molar-refractivity contribution < 1.29 is 24.5 Å². The van der Waals surface area contributed by atoms with Gasteiger partial charge < -0.3 is 25.4 Å². The van der Waals surface area contributed by atoms with Crippen LogP contribution in [0.1, 0.15) is 37.6 Å². The molecule has 1 fully saturated rings. The highest BCUT2D eigenvalue weighted by Crippen LogP contribution is 2.47. The third kappa shape index (κ3) is 3.72. The average molecular weight is 480 g/mol. The number of fused-ring (bicyclic) bond motifs is 1. The normalized spacial score (nSPS) is 25.9. The van der Waals surface area contributed by atoms with Crippen LogP contribution >= 0.6 is 0 Å². The molecular formula is C25H29N5O5. The van der Waals surface area contributed by atoms with Gasteiger partial charge in [-0.05, 0) is 42.5 Å². The zero-order chi connectivity index (χ0) is 25.5. The van der Waals surface area contributed by atoms with Crippen LogP contribution < -0.4 is 5.73 Å². The first-order chi connectivity index (χ1) is 16.6. The maximum atomic E-state index is 13.2. The smallest absolute Gasteiger partial charge is 0.318 e. The average Bonchev–Trinajstić information content (AvgIpc) is 3.39. The molecule has 1 unspecified atom stereocenters. The number of nitrogens with two attached hydrogens (primary N) is 1. The quantitative estimate of drug-likeness (QED) is 0.446. The molecule has 4 N–H and O–H groups in total. The topological polar surface area (TPSA) is 156 Å². The molecule has 0 spiro atoms. The lowest BCUT2D eigenvalue weighted by molar-refractivity contribution is -0.158. The first-order valence-electron chi connectivity index (χ1n) is 11.3. The Bertz CT molecular complexity index is 1280. The Labute approximate surface area is 202 Å². The van der Waals surface area contributed by atoms with Gasteiger partial charge in [0.25, 0.3) is 0 Å². The molecule has 0 aliphatic carbocycles. The first kappa shape index (κ1) is 24.6. The number of hydrogen-bond acceptors (Lipinski definition) is 9. The van der Waals surface area contributed by atoms with Gasteiger partial charge in [-0.15, -0.1) is 0 Å². The molecule has 0 amide bonds. The van der Waals surface area contributed by atoms with E-state index in [1.54, 1.807) is 25.1 Å². The summed E-state index contributed by atoms with van der Waals surface area (Å²) in [5, 5.41) is 36.7. The highest BCUT2D eigenvalue weighted by molar-refractivity contribution is 5.84. The van der Waals surface area contributed by atoms with Crippen molar-refractivity contribution in [2.24, 2.45) is 5.92 Å². The number of methoxy groups -OCH3 is 1. The fraction of sp³-hybridized carbons (Fsp3) is 0.440. The van der Waals surface area contributed by atoms with Crippen molar-refractivity contribution in [2.45, 2.75) is 56.5 Å². The van der Waals surface area contributed by atoms with E-state index in [0.717, 1.165) is 12.0 Å². The van der Waals surface area contributed by atoms with Crippen LogP contribution in [0.3, 0.4) is 0 Å².